The molecular formula is C38H75NO6. The van der Waals surface area contributed by atoms with Crippen LogP contribution in [0, 0.1) is 0 Å². The van der Waals surface area contributed by atoms with Crippen molar-refractivity contribution in [2.24, 2.45) is 0 Å². The maximum atomic E-state index is 13.1. The Morgan fingerprint density at radius 3 is 1.20 bits per heavy atom. The maximum Gasteiger partial charge on any atom is 0.222 e. The van der Waals surface area contributed by atoms with E-state index in [4.69, 9.17) is 5.11 Å². The van der Waals surface area contributed by atoms with Gasteiger partial charge in [0.1, 0.15) is 18.3 Å². The molecule has 0 aliphatic rings. The zero-order valence-electron chi connectivity index (χ0n) is 29.7. The lowest BCUT2D eigenvalue weighted by Crippen LogP contribution is -2.48. The molecule has 0 radical (unpaired) electrons. The third-order valence-corrected chi connectivity index (χ3v) is 9.21. The van der Waals surface area contributed by atoms with E-state index in [-0.39, 0.29) is 12.5 Å². The van der Waals surface area contributed by atoms with Gasteiger partial charge in [-0.15, -0.1) is 0 Å². The van der Waals surface area contributed by atoms with E-state index in [1.165, 1.54) is 140 Å². The summed E-state index contributed by atoms with van der Waals surface area (Å²) in [6, 6.07) is 0. The van der Waals surface area contributed by atoms with Gasteiger partial charge in [0.05, 0.1) is 13.2 Å². The second kappa shape index (κ2) is 32.9. The third-order valence-electron chi connectivity index (χ3n) is 9.21. The Bertz CT molecular complexity index is 660. The number of unbranched alkanes of at least 4 members (excludes halogenated alkanes) is 25. The maximum absolute atomic E-state index is 13.1. The first-order chi connectivity index (χ1) is 21.9. The van der Waals surface area contributed by atoms with Gasteiger partial charge in [-0.05, 0) is 12.8 Å². The molecular weight excluding hydrogens is 566 g/mol. The number of nitrogens with zero attached hydrogens (tertiary/aromatic N) is 1. The van der Waals surface area contributed by atoms with Gasteiger partial charge in [-0.3, -0.25) is 9.59 Å². The predicted molar refractivity (Wildman–Crippen MR) is 187 cm³/mol. The standard InChI is InChI=1S/C38H75NO6/c1-3-5-7-9-11-13-15-17-18-19-20-22-24-26-28-30-36(43)39(32-34(41)37(44)38(45)35(42)33-40)31-29-27-25-23-21-16-14-12-10-8-6-4-2/h35,37-38,40,42,44-45H,3-33H2,1-2H3/t35-,37-,38-/m1/s1. The molecule has 0 unspecified atom stereocenters. The van der Waals surface area contributed by atoms with Crippen LogP contribution in [0.25, 0.3) is 0 Å². The van der Waals surface area contributed by atoms with Crippen molar-refractivity contribution in [1.82, 2.24) is 4.90 Å². The van der Waals surface area contributed by atoms with Gasteiger partial charge in [-0.25, -0.2) is 0 Å². The lowest BCUT2D eigenvalue weighted by atomic mass is 10.0. The predicted octanol–water partition coefficient (Wildman–Crippen LogP) is 8.42. The second-order valence-corrected chi connectivity index (χ2v) is 13.6. The van der Waals surface area contributed by atoms with E-state index in [1.54, 1.807) is 0 Å². The van der Waals surface area contributed by atoms with E-state index < -0.39 is 30.7 Å². The molecule has 3 atom stereocenters. The summed E-state index contributed by atoms with van der Waals surface area (Å²) >= 11 is 0. The number of rotatable bonds is 35. The molecule has 0 heterocycles. The number of hydrogen-bond donors (Lipinski definition) is 4. The van der Waals surface area contributed by atoms with Crippen molar-refractivity contribution in [3.8, 4) is 0 Å². The molecule has 0 saturated heterocycles. The molecule has 0 aromatic rings. The average molecular weight is 642 g/mol. The fourth-order valence-electron chi connectivity index (χ4n) is 6.03. The molecule has 7 heteroatoms. The van der Waals surface area contributed by atoms with Gasteiger partial charge in [0, 0.05) is 13.0 Å². The summed E-state index contributed by atoms with van der Waals surface area (Å²) in [5.74, 6) is -0.802. The van der Waals surface area contributed by atoms with Gasteiger partial charge < -0.3 is 25.3 Å². The van der Waals surface area contributed by atoms with Crippen LogP contribution in [0.5, 0.6) is 0 Å². The first-order valence-corrected chi connectivity index (χ1v) is 19.3. The molecule has 0 spiro atoms. The number of carbonyl (C=O) groups is 2. The highest BCUT2D eigenvalue weighted by atomic mass is 16.4. The molecule has 1 amide bonds. The van der Waals surface area contributed by atoms with E-state index >= 15 is 0 Å². The summed E-state index contributed by atoms with van der Waals surface area (Å²) in [5, 5.41) is 38.8. The first-order valence-electron chi connectivity index (χ1n) is 19.3. The van der Waals surface area contributed by atoms with Crippen LogP contribution < -0.4 is 0 Å². The van der Waals surface area contributed by atoms with Crippen LogP contribution in [0.2, 0.25) is 0 Å². The molecule has 0 fully saturated rings. The Morgan fingerprint density at radius 2 is 0.844 bits per heavy atom. The summed E-state index contributed by atoms with van der Waals surface area (Å²) in [6.07, 6.45) is 28.6. The van der Waals surface area contributed by atoms with Crippen molar-refractivity contribution in [2.75, 3.05) is 19.7 Å². The molecule has 7 nitrogen and oxygen atoms in total. The number of Topliss-reactive ketones (excluding diaryl/α,β-unsaturated/α-hetero) is 1. The summed E-state index contributed by atoms with van der Waals surface area (Å²) in [7, 11) is 0. The Labute approximate surface area is 278 Å². The molecule has 4 N–H and O–H groups in total. The van der Waals surface area contributed by atoms with Crippen molar-refractivity contribution in [1.29, 1.82) is 0 Å². The van der Waals surface area contributed by atoms with E-state index in [0.29, 0.717) is 13.0 Å². The molecule has 268 valence electrons. The summed E-state index contributed by atoms with van der Waals surface area (Å²) in [4.78, 5) is 27.2. The third kappa shape index (κ3) is 26.7. The number of ketones is 1. The Balaban J connectivity index is 4.29. The molecule has 45 heavy (non-hydrogen) atoms. The number of amides is 1. The topological polar surface area (TPSA) is 118 Å². The molecule has 0 aromatic carbocycles. The van der Waals surface area contributed by atoms with Gasteiger partial charge >= 0.3 is 0 Å². The number of aliphatic hydroxyl groups is 4. The minimum absolute atomic E-state index is 0.0921. The lowest BCUT2D eigenvalue weighted by molar-refractivity contribution is -0.145. The largest absolute Gasteiger partial charge is 0.394 e. The highest BCUT2D eigenvalue weighted by Crippen LogP contribution is 2.16. The lowest BCUT2D eigenvalue weighted by Gasteiger charge is -2.26. The number of aliphatic hydroxyl groups excluding tert-OH is 4. The smallest absolute Gasteiger partial charge is 0.222 e. The Hall–Kier alpha value is -1.02. The van der Waals surface area contributed by atoms with E-state index in [2.05, 4.69) is 13.8 Å². The highest BCUT2D eigenvalue weighted by molar-refractivity contribution is 5.89. The van der Waals surface area contributed by atoms with Crippen LogP contribution in [0.15, 0.2) is 0 Å². The SMILES string of the molecule is CCCCCCCCCCCCCCCCCC(=O)N(CCCCCCCCCCCCCC)CC(=O)[C@@H](O)[C@H](O)[C@H](O)CO. The van der Waals surface area contributed by atoms with Crippen LogP contribution in [-0.4, -0.2) is 75.0 Å². The van der Waals surface area contributed by atoms with Gasteiger partial charge in [0.25, 0.3) is 0 Å². The molecule has 0 aliphatic heterocycles. The van der Waals surface area contributed by atoms with E-state index in [9.17, 15) is 24.9 Å². The van der Waals surface area contributed by atoms with Crippen LogP contribution in [-0.2, 0) is 9.59 Å². The van der Waals surface area contributed by atoms with Gasteiger partial charge in [-0.2, -0.15) is 0 Å². The minimum atomic E-state index is -1.84. The molecule has 0 bridgehead atoms. The Morgan fingerprint density at radius 1 is 0.511 bits per heavy atom. The van der Waals surface area contributed by atoms with Crippen LogP contribution in [0.4, 0.5) is 0 Å². The zero-order chi connectivity index (χ0) is 33.4. The molecule has 0 aromatic heterocycles. The van der Waals surface area contributed by atoms with Crippen molar-refractivity contribution >= 4 is 11.7 Å². The van der Waals surface area contributed by atoms with Gasteiger partial charge in [-0.1, -0.05) is 174 Å². The van der Waals surface area contributed by atoms with Crippen LogP contribution in [0.3, 0.4) is 0 Å². The molecule has 0 rings (SSSR count). The first kappa shape index (κ1) is 44.0. The summed E-state index contributed by atoms with van der Waals surface area (Å²) in [5.41, 5.74) is 0. The zero-order valence-corrected chi connectivity index (χ0v) is 29.7. The van der Waals surface area contributed by atoms with E-state index in [1.807, 2.05) is 0 Å². The van der Waals surface area contributed by atoms with Crippen molar-refractivity contribution in [2.45, 2.75) is 212 Å². The summed E-state index contributed by atoms with van der Waals surface area (Å²) in [6.45, 7) is 3.91. The van der Waals surface area contributed by atoms with Crippen molar-refractivity contribution in [3.63, 3.8) is 0 Å². The second-order valence-electron chi connectivity index (χ2n) is 13.6. The quantitative estimate of drug-likeness (QED) is 0.0516. The van der Waals surface area contributed by atoms with Gasteiger partial charge in [0.2, 0.25) is 5.91 Å². The number of hydrogen-bond acceptors (Lipinski definition) is 6. The number of carbonyl (C=O) groups excluding carboxylic acids is 2. The fourth-order valence-corrected chi connectivity index (χ4v) is 6.03. The molecule has 0 saturated carbocycles. The van der Waals surface area contributed by atoms with Crippen molar-refractivity contribution in [3.05, 3.63) is 0 Å². The monoisotopic (exact) mass is 642 g/mol. The Kier molecular flexibility index (Phi) is 32.2. The highest BCUT2D eigenvalue weighted by Gasteiger charge is 2.31. The fraction of sp³-hybridized carbons (Fsp3) is 0.947. The van der Waals surface area contributed by atoms with Crippen molar-refractivity contribution < 1.29 is 30.0 Å². The minimum Gasteiger partial charge on any atom is -0.394 e. The van der Waals surface area contributed by atoms with Gasteiger partial charge in [0.15, 0.2) is 5.78 Å². The van der Waals surface area contributed by atoms with Crippen LogP contribution >= 0.6 is 0 Å². The van der Waals surface area contributed by atoms with E-state index in [0.717, 1.165) is 38.5 Å². The van der Waals surface area contributed by atoms with Crippen LogP contribution in [0.1, 0.15) is 194 Å². The molecule has 0 aliphatic carbocycles. The average Bonchev–Trinajstić information content (AvgIpc) is 3.05. The normalized spacial score (nSPS) is 13.6. The summed E-state index contributed by atoms with van der Waals surface area (Å²) < 4.78 is 0.